The Labute approximate surface area is 123 Å². The molecule has 1 aromatic rings. The van der Waals surface area contributed by atoms with E-state index in [4.69, 9.17) is 5.11 Å². The van der Waals surface area contributed by atoms with E-state index >= 15 is 0 Å². The van der Waals surface area contributed by atoms with Crippen molar-refractivity contribution >= 4 is 17.5 Å². The molecule has 0 unspecified atom stereocenters. The highest BCUT2D eigenvalue weighted by Crippen LogP contribution is 2.35. The number of aliphatic carboxylic acids is 1. The first-order valence-corrected chi connectivity index (χ1v) is 6.80. The van der Waals surface area contributed by atoms with Crippen LogP contribution in [0.4, 0.5) is 11.5 Å². The van der Waals surface area contributed by atoms with E-state index in [9.17, 15) is 14.9 Å². The van der Waals surface area contributed by atoms with Gasteiger partial charge in [0.15, 0.2) is 0 Å². The quantitative estimate of drug-likeness (QED) is 0.638. The van der Waals surface area contributed by atoms with Gasteiger partial charge in [-0.15, -0.1) is 0 Å². The summed E-state index contributed by atoms with van der Waals surface area (Å²) < 4.78 is 1.53. The van der Waals surface area contributed by atoms with E-state index in [1.165, 1.54) is 9.58 Å². The molecule has 1 heterocycles. The van der Waals surface area contributed by atoms with Crippen LogP contribution >= 0.6 is 0 Å². The zero-order chi connectivity index (χ0) is 16.4. The van der Waals surface area contributed by atoms with Crippen molar-refractivity contribution < 1.29 is 14.8 Å². The molecule has 0 amide bonds. The molecule has 0 aliphatic carbocycles. The minimum absolute atomic E-state index is 0.125. The maximum atomic E-state index is 11.4. The summed E-state index contributed by atoms with van der Waals surface area (Å²) in [6.07, 6.45) is 0.746. The summed E-state index contributed by atoms with van der Waals surface area (Å²) in [5, 5.41) is 24.7. The van der Waals surface area contributed by atoms with Crippen LogP contribution < -0.4 is 4.90 Å². The third-order valence-corrected chi connectivity index (χ3v) is 3.05. The van der Waals surface area contributed by atoms with E-state index in [1.807, 2.05) is 27.7 Å². The topological polar surface area (TPSA) is 101 Å². The van der Waals surface area contributed by atoms with Crippen LogP contribution in [0.25, 0.3) is 0 Å². The highest BCUT2D eigenvalue weighted by molar-refractivity contribution is 5.76. The number of nitrogens with zero attached hydrogens (tertiary/aromatic N) is 4. The second-order valence-corrected chi connectivity index (χ2v) is 5.89. The Morgan fingerprint density at radius 2 is 2.05 bits per heavy atom. The van der Waals surface area contributed by atoms with E-state index in [2.05, 4.69) is 5.10 Å². The number of carboxylic acid groups (broad SMARTS) is 1. The summed E-state index contributed by atoms with van der Waals surface area (Å²) in [5.74, 6) is -0.782. The Balaban J connectivity index is 3.53. The Kier molecular flexibility index (Phi) is 4.93. The first-order valence-electron chi connectivity index (χ1n) is 6.80. The van der Waals surface area contributed by atoms with Crippen LogP contribution in [-0.2, 0) is 11.3 Å². The summed E-state index contributed by atoms with van der Waals surface area (Å²) >= 11 is 0. The van der Waals surface area contributed by atoms with Crippen LogP contribution in [0.3, 0.4) is 0 Å². The summed E-state index contributed by atoms with van der Waals surface area (Å²) in [4.78, 5) is 23.5. The molecule has 0 aliphatic heterocycles. The summed E-state index contributed by atoms with van der Waals surface area (Å²) in [7, 11) is 0. The zero-order valence-corrected chi connectivity index (χ0v) is 13.1. The van der Waals surface area contributed by atoms with Crippen LogP contribution in [0.15, 0.2) is 0 Å². The van der Waals surface area contributed by atoms with Crippen molar-refractivity contribution in [3.05, 3.63) is 15.8 Å². The molecule has 0 saturated heterocycles. The molecule has 118 valence electrons. The van der Waals surface area contributed by atoms with Gasteiger partial charge in [0.25, 0.3) is 0 Å². The first kappa shape index (κ1) is 16.9. The molecule has 0 fully saturated rings. The SMILES string of the molecule is CCCn1nc(C)c([N+](=O)[O-])c1N(CC(=O)O)C(C)(C)C. The normalized spacial score (nSPS) is 11.5. The molecule has 1 N–H and O–H groups in total. The van der Waals surface area contributed by atoms with Crippen molar-refractivity contribution in [2.75, 3.05) is 11.4 Å². The van der Waals surface area contributed by atoms with Crippen LogP contribution in [0.2, 0.25) is 0 Å². The summed E-state index contributed by atoms with van der Waals surface area (Å²) in [6.45, 7) is 9.13. The molecular formula is C13H22N4O4. The standard InChI is InChI=1S/C13H22N4O4/c1-6-7-16-12(11(17(20)21)9(2)14-16)15(8-10(18)19)13(3,4)5/h6-8H2,1-5H3,(H,18,19). The molecule has 1 rings (SSSR count). The number of carboxylic acids is 1. The molecule has 0 saturated carbocycles. The molecule has 21 heavy (non-hydrogen) atoms. The Hall–Kier alpha value is -2.12. The van der Waals surface area contributed by atoms with Crippen molar-refractivity contribution in [2.24, 2.45) is 0 Å². The van der Waals surface area contributed by atoms with Crippen molar-refractivity contribution in [1.82, 2.24) is 9.78 Å². The molecule has 0 aliphatic rings. The largest absolute Gasteiger partial charge is 0.480 e. The Bertz CT molecular complexity index is 545. The van der Waals surface area contributed by atoms with E-state index in [1.54, 1.807) is 6.92 Å². The number of rotatable bonds is 6. The highest BCUT2D eigenvalue weighted by Gasteiger charge is 2.35. The lowest BCUT2D eigenvalue weighted by molar-refractivity contribution is -0.384. The van der Waals surface area contributed by atoms with Gasteiger partial charge in [-0.05, 0) is 34.1 Å². The van der Waals surface area contributed by atoms with E-state index < -0.39 is 16.4 Å². The van der Waals surface area contributed by atoms with Gasteiger partial charge in [-0.25, -0.2) is 4.68 Å². The van der Waals surface area contributed by atoms with Gasteiger partial charge in [-0.1, -0.05) is 6.92 Å². The number of hydrogen-bond acceptors (Lipinski definition) is 5. The van der Waals surface area contributed by atoms with Gasteiger partial charge in [-0.2, -0.15) is 5.10 Å². The number of carbonyl (C=O) groups is 1. The zero-order valence-electron chi connectivity index (χ0n) is 13.1. The predicted molar refractivity (Wildman–Crippen MR) is 78.6 cm³/mol. The van der Waals surface area contributed by atoms with Gasteiger partial charge in [0.2, 0.25) is 5.82 Å². The molecule has 8 nitrogen and oxygen atoms in total. The summed E-state index contributed by atoms with van der Waals surface area (Å²) in [5.41, 5.74) is -0.413. The maximum Gasteiger partial charge on any atom is 0.333 e. The van der Waals surface area contributed by atoms with E-state index in [0.717, 1.165) is 6.42 Å². The Morgan fingerprint density at radius 1 is 1.48 bits per heavy atom. The fourth-order valence-electron chi connectivity index (χ4n) is 2.17. The fraction of sp³-hybridized carbons (Fsp3) is 0.692. The van der Waals surface area contributed by atoms with Crippen molar-refractivity contribution in [3.63, 3.8) is 0 Å². The number of anilines is 1. The smallest absolute Gasteiger partial charge is 0.333 e. The number of hydrogen-bond donors (Lipinski definition) is 1. The third kappa shape index (κ3) is 3.71. The third-order valence-electron chi connectivity index (χ3n) is 3.05. The second kappa shape index (κ2) is 6.11. The molecular weight excluding hydrogens is 276 g/mol. The summed E-state index contributed by atoms with van der Waals surface area (Å²) in [6, 6.07) is 0. The van der Waals surface area contributed by atoms with Gasteiger partial charge in [-0.3, -0.25) is 14.9 Å². The molecule has 0 radical (unpaired) electrons. The van der Waals surface area contributed by atoms with Gasteiger partial charge in [0.1, 0.15) is 12.2 Å². The number of nitro groups is 1. The molecule has 8 heteroatoms. The maximum absolute atomic E-state index is 11.4. The molecule has 0 aromatic carbocycles. The monoisotopic (exact) mass is 298 g/mol. The van der Waals surface area contributed by atoms with Gasteiger partial charge in [0.05, 0.1) is 4.92 Å². The molecule has 0 spiro atoms. The van der Waals surface area contributed by atoms with Crippen molar-refractivity contribution in [2.45, 2.75) is 53.1 Å². The lowest BCUT2D eigenvalue weighted by atomic mass is 10.1. The molecule has 1 aromatic heterocycles. The van der Waals surface area contributed by atoms with Gasteiger partial charge in [0, 0.05) is 12.1 Å². The van der Waals surface area contributed by atoms with Gasteiger partial charge < -0.3 is 10.0 Å². The minimum atomic E-state index is -1.04. The van der Waals surface area contributed by atoms with Crippen molar-refractivity contribution in [3.8, 4) is 0 Å². The fourth-order valence-corrected chi connectivity index (χ4v) is 2.17. The van der Waals surface area contributed by atoms with Gasteiger partial charge >= 0.3 is 11.7 Å². The van der Waals surface area contributed by atoms with Crippen LogP contribution in [0, 0.1) is 17.0 Å². The Morgan fingerprint density at radius 3 is 2.43 bits per heavy atom. The van der Waals surface area contributed by atoms with E-state index in [-0.39, 0.29) is 18.1 Å². The van der Waals surface area contributed by atoms with Crippen LogP contribution in [-0.4, -0.2) is 37.9 Å². The number of aromatic nitrogens is 2. The lowest BCUT2D eigenvalue weighted by Crippen LogP contribution is -2.46. The first-order chi connectivity index (χ1) is 9.59. The molecule has 0 bridgehead atoms. The van der Waals surface area contributed by atoms with Crippen molar-refractivity contribution in [1.29, 1.82) is 0 Å². The second-order valence-electron chi connectivity index (χ2n) is 5.89. The average Bonchev–Trinajstić information content (AvgIpc) is 2.61. The lowest BCUT2D eigenvalue weighted by Gasteiger charge is -2.35. The highest BCUT2D eigenvalue weighted by atomic mass is 16.6. The van der Waals surface area contributed by atoms with E-state index in [0.29, 0.717) is 12.2 Å². The predicted octanol–water partition coefficient (Wildman–Crippen LogP) is 2.20. The minimum Gasteiger partial charge on any atom is -0.480 e. The molecule has 0 atom stereocenters. The number of aryl methyl sites for hydroxylation is 2. The average molecular weight is 298 g/mol. The van der Waals surface area contributed by atoms with Crippen LogP contribution in [0.1, 0.15) is 39.8 Å². The van der Waals surface area contributed by atoms with Crippen LogP contribution in [0.5, 0.6) is 0 Å².